The summed E-state index contributed by atoms with van der Waals surface area (Å²) in [5, 5.41) is 0. The molecule has 11 heteroatoms. The van der Waals surface area contributed by atoms with E-state index in [2.05, 4.69) is 30.5 Å². The average molecular weight is 549 g/mol. The average Bonchev–Trinajstić information content (AvgIpc) is 3.66. The van der Waals surface area contributed by atoms with Crippen LogP contribution in [-0.2, 0) is 14.8 Å². The van der Waals surface area contributed by atoms with Crippen molar-refractivity contribution in [2.45, 2.75) is 31.6 Å². The number of fused-ring (bicyclic) bond motifs is 1. The number of hydrogen-bond acceptors (Lipinski definition) is 6. The second-order valence-electron chi connectivity index (χ2n) is 10.1. The number of aliphatic imine (C=N–C) groups is 1. The van der Waals surface area contributed by atoms with Crippen LogP contribution in [-0.4, -0.2) is 72.9 Å². The van der Waals surface area contributed by atoms with Gasteiger partial charge in [-0.3, -0.25) is 4.99 Å². The molecule has 0 spiro atoms. The normalized spacial score (nSPS) is 17.1. The van der Waals surface area contributed by atoms with Crippen LogP contribution >= 0.6 is 0 Å². The molecule has 2 aromatic heterocycles. The predicted octanol–water partition coefficient (Wildman–Crippen LogP) is 3.64. The van der Waals surface area contributed by atoms with Crippen molar-refractivity contribution in [2.75, 3.05) is 44.3 Å². The fraction of sp³-hybridized carbons (Fsp3) is 0.357. The summed E-state index contributed by atoms with van der Waals surface area (Å²) in [5.41, 5.74) is 6.68. The van der Waals surface area contributed by atoms with Gasteiger partial charge in [0.25, 0.3) is 0 Å². The van der Waals surface area contributed by atoms with Gasteiger partial charge in [0.1, 0.15) is 0 Å². The molecule has 6 rings (SSSR count). The van der Waals surface area contributed by atoms with Crippen LogP contribution in [0.15, 0.2) is 57.1 Å². The van der Waals surface area contributed by atoms with Gasteiger partial charge in [0.05, 0.1) is 46.2 Å². The highest BCUT2D eigenvalue weighted by molar-refractivity contribution is 7.89. The van der Waals surface area contributed by atoms with E-state index in [1.165, 1.54) is 4.31 Å². The molecular weight excluding hydrogens is 516 g/mol. The van der Waals surface area contributed by atoms with Crippen molar-refractivity contribution in [3.63, 3.8) is 0 Å². The SMILES string of the molecule is Cc1cc(C=Nc2ccc3[nH]c(=O)[nH]c3c2)c(C)n1-c1cc(S(=O)(=O)N2CCOCC2)ccc1N1CCCC1. The third kappa shape index (κ3) is 4.81. The number of aryl methyl sites for hydroxylation is 1. The lowest BCUT2D eigenvalue weighted by atomic mass is 10.2. The van der Waals surface area contributed by atoms with Gasteiger partial charge < -0.3 is 24.2 Å². The number of aromatic nitrogens is 3. The first kappa shape index (κ1) is 25.6. The van der Waals surface area contributed by atoms with Gasteiger partial charge in [-0.2, -0.15) is 4.31 Å². The molecule has 4 aromatic rings. The van der Waals surface area contributed by atoms with Crippen molar-refractivity contribution in [1.82, 2.24) is 18.8 Å². The molecule has 204 valence electrons. The monoisotopic (exact) mass is 548 g/mol. The summed E-state index contributed by atoms with van der Waals surface area (Å²) in [7, 11) is -3.65. The Labute approximate surface area is 227 Å². The van der Waals surface area contributed by atoms with Gasteiger partial charge in [0.2, 0.25) is 10.0 Å². The molecule has 0 unspecified atom stereocenters. The standard InChI is InChI=1S/C28H32N6O4S/c1-19-15-21(18-29-22-5-7-24-25(16-22)31-28(35)30-24)20(2)34(19)27-17-23(6-8-26(27)32-9-3-4-10-32)39(36,37)33-11-13-38-14-12-33/h5-8,15-18H,3-4,9-14H2,1-2H3,(H2,30,31,35). The van der Waals surface area contributed by atoms with Crippen LogP contribution in [0, 0.1) is 13.8 Å². The maximum absolute atomic E-state index is 13.5. The van der Waals surface area contributed by atoms with Crippen LogP contribution in [0.4, 0.5) is 11.4 Å². The molecule has 2 aliphatic heterocycles. The minimum atomic E-state index is -3.65. The first-order chi connectivity index (χ1) is 18.8. The van der Waals surface area contributed by atoms with E-state index in [0.29, 0.717) is 36.7 Å². The zero-order valence-electron chi connectivity index (χ0n) is 22.1. The molecule has 2 saturated heterocycles. The molecule has 0 bridgehead atoms. The van der Waals surface area contributed by atoms with Crippen LogP contribution in [0.1, 0.15) is 29.8 Å². The molecule has 2 aromatic carbocycles. The number of morpholine rings is 1. The summed E-state index contributed by atoms with van der Waals surface area (Å²) in [6.07, 6.45) is 4.05. The lowest BCUT2D eigenvalue weighted by molar-refractivity contribution is 0.0730. The zero-order valence-corrected chi connectivity index (χ0v) is 22.9. The number of nitrogens with zero attached hydrogens (tertiary/aromatic N) is 4. The van der Waals surface area contributed by atoms with E-state index in [9.17, 15) is 13.2 Å². The molecule has 0 saturated carbocycles. The van der Waals surface area contributed by atoms with Gasteiger partial charge in [-0.1, -0.05) is 0 Å². The Morgan fingerprint density at radius 1 is 0.897 bits per heavy atom. The maximum Gasteiger partial charge on any atom is 0.323 e. The first-order valence-corrected chi connectivity index (χ1v) is 14.7. The summed E-state index contributed by atoms with van der Waals surface area (Å²) in [4.78, 5) is 24.4. The van der Waals surface area contributed by atoms with Gasteiger partial charge in [-0.05, 0) is 69.2 Å². The fourth-order valence-electron chi connectivity index (χ4n) is 5.54. The van der Waals surface area contributed by atoms with Crippen LogP contribution < -0.4 is 10.6 Å². The minimum absolute atomic E-state index is 0.249. The maximum atomic E-state index is 13.5. The van der Waals surface area contributed by atoms with Crippen molar-refractivity contribution in [1.29, 1.82) is 0 Å². The number of anilines is 1. The second-order valence-corrected chi connectivity index (χ2v) is 12.0. The van der Waals surface area contributed by atoms with Gasteiger partial charge in [0.15, 0.2) is 0 Å². The van der Waals surface area contributed by atoms with Crippen molar-refractivity contribution >= 4 is 38.6 Å². The molecule has 0 radical (unpaired) electrons. The van der Waals surface area contributed by atoms with E-state index in [1.54, 1.807) is 6.07 Å². The zero-order chi connectivity index (χ0) is 27.1. The summed E-state index contributed by atoms with van der Waals surface area (Å²) in [5.74, 6) is 0. The first-order valence-electron chi connectivity index (χ1n) is 13.2. The Bertz CT molecular complexity index is 1720. The molecule has 4 heterocycles. The van der Waals surface area contributed by atoms with Crippen molar-refractivity contribution in [3.8, 4) is 5.69 Å². The summed E-state index contributed by atoms with van der Waals surface area (Å²) >= 11 is 0. The number of rotatable bonds is 6. The van der Waals surface area contributed by atoms with E-state index in [0.717, 1.165) is 65.5 Å². The molecule has 0 aliphatic carbocycles. The van der Waals surface area contributed by atoms with Crippen LogP contribution in [0.25, 0.3) is 16.7 Å². The van der Waals surface area contributed by atoms with Crippen molar-refractivity contribution in [2.24, 2.45) is 4.99 Å². The van der Waals surface area contributed by atoms with Gasteiger partial charge in [-0.15, -0.1) is 0 Å². The molecule has 0 amide bonds. The third-order valence-electron chi connectivity index (χ3n) is 7.56. The largest absolute Gasteiger partial charge is 0.379 e. The highest BCUT2D eigenvalue weighted by Crippen LogP contribution is 2.34. The van der Waals surface area contributed by atoms with Crippen LogP contribution in [0.2, 0.25) is 0 Å². The molecule has 2 N–H and O–H groups in total. The molecular formula is C28H32N6O4S. The number of nitrogens with one attached hydrogen (secondary N) is 2. The highest BCUT2D eigenvalue weighted by atomic mass is 32.2. The van der Waals surface area contributed by atoms with E-state index >= 15 is 0 Å². The lowest BCUT2D eigenvalue weighted by Gasteiger charge is -2.28. The van der Waals surface area contributed by atoms with E-state index < -0.39 is 10.0 Å². The number of sulfonamides is 1. The Balaban J connectivity index is 1.41. The number of ether oxygens (including phenoxy) is 1. The highest BCUT2D eigenvalue weighted by Gasteiger charge is 2.28. The third-order valence-corrected chi connectivity index (χ3v) is 9.46. The van der Waals surface area contributed by atoms with Gasteiger partial charge in [-0.25, -0.2) is 13.2 Å². The van der Waals surface area contributed by atoms with Crippen LogP contribution in [0.3, 0.4) is 0 Å². The fourth-order valence-corrected chi connectivity index (χ4v) is 6.97. The van der Waals surface area contributed by atoms with E-state index in [1.807, 2.05) is 50.4 Å². The van der Waals surface area contributed by atoms with Crippen molar-refractivity contribution < 1.29 is 13.2 Å². The van der Waals surface area contributed by atoms with E-state index in [4.69, 9.17) is 4.74 Å². The molecule has 0 atom stereocenters. The Morgan fingerprint density at radius 2 is 1.64 bits per heavy atom. The Kier molecular flexibility index (Phi) is 6.66. The lowest BCUT2D eigenvalue weighted by Crippen LogP contribution is -2.40. The number of aromatic amines is 2. The molecule has 2 aliphatic rings. The van der Waals surface area contributed by atoms with Crippen LogP contribution in [0.5, 0.6) is 0 Å². The number of hydrogen-bond donors (Lipinski definition) is 2. The number of imidazole rings is 1. The second kappa shape index (κ2) is 10.1. The number of benzene rings is 2. The summed E-state index contributed by atoms with van der Waals surface area (Å²) < 4.78 is 36.1. The molecule has 10 nitrogen and oxygen atoms in total. The summed E-state index contributed by atoms with van der Waals surface area (Å²) in [6, 6.07) is 13.1. The van der Waals surface area contributed by atoms with Crippen molar-refractivity contribution in [3.05, 3.63) is 69.9 Å². The molecule has 39 heavy (non-hydrogen) atoms. The predicted molar refractivity (Wildman–Crippen MR) is 152 cm³/mol. The quantitative estimate of drug-likeness (QED) is 0.357. The van der Waals surface area contributed by atoms with Gasteiger partial charge >= 0.3 is 5.69 Å². The van der Waals surface area contributed by atoms with E-state index in [-0.39, 0.29) is 5.69 Å². The topological polar surface area (TPSA) is 116 Å². The Morgan fingerprint density at radius 3 is 2.41 bits per heavy atom. The smallest absolute Gasteiger partial charge is 0.323 e. The molecule has 2 fully saturated rings. The van der Waals surface area contributed by atoms with Gasteiger partial charge in [0, 0.05) is 49.3 Å². The summed E-state index contributed by atoms with van der Waals surface area (Å²) in [6.45, 7) is 7.47. The Hall–Kier alpha value is -3.67. The number of H-pyrrole nitrogens is 2. The minimum Gasteiger partial charge on any atom is -0.379 e.